The summed E-state index contributed by atoms with van der Waals surface area (Å²) in [5.41, 5.74) is 1.13. The Balaban J connectivity index is 1.48. The molecule has 0 saturated carbocycles. The van der Waals surface area contributed by atoms with Crippen LogP contribution in [0.15, 0.2) is 60.7 Å². The Kier molecular flexibility index (Phi) is 7.97. The number of fused-ring (bicyclic) bond motifs is 1. The molecule has 1 unspecified atom stereocenters. The van der Waals surface area contributed by atoms with Crippen LogP contribution in [0.5, 0.6) is 0 Å². The number of anilines is 1. The van der Waals surface area contributed by atoms with Crippen LogP contribution < -0.4 is 5.32 Å². The minimum absolute atomic E-state index is 0.0118. The third-order valence-electron chi connectivity index (χ3n) is 7.43. The highest BCUT2D eigenvalue weighted by molar-refractivity contribution is 5.96. The standard InChI is InChI=1S/C30H26F4N4O4/c1-17(39)19-5-7-22(8-6-19)35-30(42)37-12-10-26(40)38-25(37)16-36(11-9-18-3-2-4-21(31)13-18)29(41)28(38)20-14-23(32)27(34)24(33)15-20/h2-8,13-15,25,28H,9-12,16H2,1H3,(H,35,42)/t25?,28-/m0/s1. The third kappa shape index (κ3) is 5.69. The first-order chi connectivity index (χ1) is 20.0. The molecule has 2 aliphatic heterocycles. The van der Waals surface area contributed by atoms with Gasteiger partial charge in [-0.25, -0.2) is 22.4 Å². The van der Waals surface area contributed by atoms with E-state index in [-0.39, 0.29) is 43.8 Å². The Hall–Kier alpha value is -4.74. The lowest BCUT2D eigenvalue weighted by atomic mass is 9.96. The lowest BCUT2D eigenvalue weighted by Crippen LogP contribution is -2.69. The molecule has 218 valence electrons. The Morgan fingerprint density at radius 1 is 0.952 bits per heavy atom. The minimum Gasteiger partial charge on any atom is -0.336 e. The predicted octanol–water partition coefficient (Wildman–Crippen LogP) is 4.66. The molecule has 4 amide bonds. The highest BCUT2D eigenvalue weighted by atomic mass is 19.2. The van der Waals surface area contributed by atoms with Crippen molar-refractivity contribution in [1.82, 2.24) is 14.7 Å². The minimum atomic E-state index is -1.72. The number of nitrogens with zero attached hydrogens (tertiary/aromatic N) is 3. The van der Waals surface area contributed by atoms with Crippen molar-refractivity contribution >= 4 is 29.3 Å². The van der Waals surface area contributed by atoms with Gasteiger partial charge >= 0.3 is 6.03 Å². The SMILES string of the molecule is CC(=O)c1ccc(NC(=O)N2CCC(=O)N3C2CN(CCc2cccc(F)c2)C(=O)[C@@H]3c2cc(F)c(F)c(F)c2)cc1. The van der Waals surface area contributed by atoms with Gasteiger partial charge in [-0.15, -0.1) is 0 Å². The van der Waals surface area contributed by atoms with Crippen LogP contribution >= 0.6 is 0 Å². The van der Waals surface area contributed by atoms with E-state index in [9.17, 15) is 36.7 Å². The number of halogens is 4. The number of urea groups is 1. The topological polar surface area (TPSA) is 90.0 Å². The maximum absolute atomic E-state index is 14.3. The van der Waals surface area contributed by atoms with Crippen LogP contribution in [0, 0.1) is 23.3 Å². The van der Waals surface area contributed by atoms with Crippen molar-refractivity contribution in [3.63, 3.8) is 0 Å². The van der Waals surface area contributed by atoms with Gasteiger partial charge in [-0.1, -0.05) is 12.1 Å². The van der Waals surface area contributed by atoms with Crippen molar-refractivity contribution in [1.29, 1.82) is 0 Å². The van der Waals surface area contributed by atoms with Crippen molar-refractivity contribution in [2.45, 2.75) is 32.0 Å². The average molecular weight is 583 g/mol. The van der Waals surface area contributed by atoms with Crippen LogP contribution in [-0.2, 0) is 16.0 Å². The van der Waals surface area contributed by atoms with Gasteiger partial charge in [0.1, 0.15) is 18.0 Å². The number of ketones is 1. The monoisotopic (exact) mass is 582 g/mol. The molecule has 1 N–H and O–H groups in total. The molecule has 2 atom stereocenters. The van der Waals surface area contributed by atoms with Gasteiger partial charge in [-0.2, -0.15) is 0 Å². The number of hydrogen-bond acceptors (Lipinski definition) is 4. The number of rotatable bonds is 6. The van der Waals surface area contributed by atoms with Gasteiger partial charge in [-0.3, -0.25) is 14.4 Å². The zero-order valence-corrected chi connectivity index (χ0v) is 22.5. The number of benzene rings is 3. The van der Waals surface area contributed by atoms with Gasteiger partial charge in [-0.05, 0) is 73.0 Å². The molecule has 0 aromatic heterocycles. The average Bonchev–Trinajstić information content (AvgIpc) is 2.95. The van der Waals surface area contributed by atoms with Crippen LogP contribution in [0.25, 0.3) is 0 Å². The molecule has 2 aliphatic rings. The van der Waals surface area contributed by atoms with E-state index in [0.29, 0.717) is 28.9 Å². The summed E-state index contributed by atoms with van der Waals surface area (Å²) in [5, 5.41) is 2.72. The van der Waals surface area contributed by atoms with E-state index >= 15 is 0 Å². The molecule has 42 heavy (non-hydrogen) atoms. The highest BCUT2D eigenvalue weighted by Gasteiger charge is 2.49. The van der Waals surface area contributed by atoms with E-state index in [2.05, 4.69) is 5.32 Å². The molecule has 0 radical (unpaired) electrons. The number of carbonyl (C=O) groups is 4. The predicted molar refractivity (Wildman–Crippen MR) is 143 cm³/mol. The normalized spacial score (nSPS) is 18.6. The fourth-order valence-corrected chi connectivity index (χ4v) is 5.31. The van der Waals surface area contributed by atoms with Crippen molar-refractivity contribution in [2.24, 2.45) is 0 Å². The number of nitrogens with one attached hydrogen (secondary N) is 1. The van der Waals surface area contributed by atoms with Crippen molar-refractivity contribution in [3.8, 4) is 0 Å². The molecule has 8 nitrogen and oxygen atoms in total. The fraction of sp³-hybridized carbons (Fsp3) is 0.267. The number of carbonyl (C=O) groups excluding carboxylic acids is 4. The van der Waals surface area contributed by atoms with Crippen molar-refractivity contribution in [2.75, 3.05) is 25.0 Å². The summed E-state index contributed by atoms with van der Waals surface area (Å²) in [6, 6.07) is 11.1. The molecular weight excluding hydrogens is 556 g/mol. The molecule has 0 bridgehead atoms. The second-order valence-corrected chi connectivity index (χ2v) is 10.2. The fourth-order valence-electron chi connectivity index (χ4n) is 5.31. The van der Waals surface area contributed by atoms with Gasteiger partial charge in [0.2, 0.25) is 11.8 Å². The van der Waals surface area contributed by atoms with Gasteiger partial charge < -0.3 is 20.0 Å². The molecule has 0 spiro atoms. The summed E-state index contributed by atoms with van der Waals surface area (Å²) >= 11 is 0. The van der Waals surface area contributed by atoms with Crippen molar-refractivity contribution < 1.29 is 36.7 Å². The number of hydrogen-bond donors (Lipinski definition) is 1. The third-order valence-corrected chi connectivity index (χ3v) is 7.43. The molecule has 5 rings (SSSR count). The summed E-state index contributed by atoms with van der Waals surface area (Å²) in [7, 11) is 0. The van der Waals surface area contributed by atoms with Gasteiger partial charge in [0.05, 0.1) is 6.54 Å². The number of amides is 4. The van der Waals surface area contributed by atoms with E-state index in [1.807, 2.05) is 0 Å². The van der Waals surface area contributed by atoms with Gasteiger partial charge in [0.25, 0.3) is 0 Å². The summed E-state index contributed by atoms with van der Waals surface area (Å²) in [5.74, 6) is -6.59. The van der Waals surface area contributed by atoms with E-state index in [0.717, 1.165) is 4.90 Å². The quantitative estimate of drug-likeness (QED) is 0.260. The second-order valence-electron chi connectivity index (χ2n) is 10.2. The van der Waals surface area contributed by atoms with Gasteiger partial charge in [0, 0.05) is 30.8 Å². The van der Waals surface area contributed by atoms with E-state index < -0.39 is 53.3 Å². The first-order valence-corrected chi connectivity index (χ1v) is 13.2. The van der Waals surface area contributed by atoms with Crippen LogP contribution in [0.4, 0.5) is 28.0 Å². The molecule has 12 heteroatoms. The van der Waals surface area contributed by atoms with Crippen LogP contribution in [-0.4, -0.2) is 64.1 Å². The number of Topliss-reactive ketones (excluding diaryl/α,β-unsaturated/α-hetero) is 1. The summed E-state index contributed by atoms with van der Waals surface area (Å²) < 4.78 is 56.2. The van der Waals surface area contributed by atoms with E-state index in [1.165, 1.54) is 34.9 Å². The summed E-state index contributed by atoms with van der Waals surface area (Å²) in [6.07, 6.45) is -0.987. The molecule has 0 aliphatic carbocycles. The second kappa shape index (κ2) is 11.6. The summed E-state index contributed by atoms with van der Waals surface area (Å²) in [6.45, 7) is 1.32. The Labute approximate surface area is 238 Å². The van der Waals surface area contributed by atoms with Gasteiger partial charge in [0.15, 0.2) is 23.2 Å². The van der Waals surface area contributed by atoms with Crippen molar-refractivity contribution in [3.05, 3.63) is 101 Å². The smallest absolute Gasteiger partial charge is 0.323 e. The van der Waals surface area contributed by atoms with Crippen LogP contribution in [0.2, 0.25) is 0 Å². The molecule has 3 aromatic carbocycles. The zero-order valence-electron chi connectivity index (χ0n) is 22.5. The zero-order chi connectivity index (χ0) is 30.1. The molecule has 2 saturated heterocycles. The molecule has 2 heterocycles. The first-order valence-electron chi connectivity index (χ1n) is 13.2. The van der Waals surface area contributed by atoms with Crippen LogP contribution in [0.3, 0.4) is 0 Å². The number of piperazine rings is 1. The maximum atomic E-state index is 14.3. The Morgan fingerprint density at radius 2 is 1.64 bits per heavy atom. The highest BCUT2D eigenvalue weighted by Crippen LogP contribution is 2.36. The Morgan fingerprint density at radius 3 is 2.29 bits per heavy atom. The first kappa shape index (κ1) is 28.8. The lowest BCUT2D eigenvalue weighted by molar-refractivity contribution is -0.167. The summed E-state index contributed by atoms with van der Waals surface area (Å²) in [4.78, 5) is 55.8. The van der Waals surface area contributed by atoms with E-state index in [4.69, 9.17) is 0 Å². The Bertz CT molecular complexity index is 1540. The molecular formula is C30H26F4N4O4. The molecule has 2 fully saturated rings. The van der Waals surface area contributed by atoms with E-state index in [1.54, 1.807) is 30.3 Å². The molecule has 3 aromatic rings. The largest absolute Gasteiger partial charge is 0.336 e. The maximum Gasteiger partial charge on any atom is 0.323 e. The van der Waals surface area contributed by atoms with Crippen LogP contribution in [0.1, 0.15) is 40.9 Å². The lowest BCUT2D eigenvalue weighted by Gasteiger charge is -2.52.